The molecule has 1 rings (SSSR count). The van der Waals surface area contributed by atoms with Crippen molar-refractivity contribution in [2.75, 3.05) is 6.61 Å². The normalized spacial score (nSPS) is 8.80. The van der Waals surface area contributed by atoms with E-state index in [2.05, 4.69) is 0 Å². The third kappa shape index (κ3) is 4.76. The molecule has 15 heavy (non-hydrogen) atoms. The van der Waals surface area contributed by atoms with Crippen molar-refractivity contribution in [1.29, 1.82) is 0 Å². The fourth-order valence-electron chi connectivity index (χ4n) is 0.933. The van der Waals surface area contributed by atoms with E-state index in [4.69, 9.17) is 10.5 Å². The van der Waals surface area contributed by atoms with E-state index in [1.165, 1.54) is 12.1 Å². The number of hydrogen-bond acceptors (Lipinski definition) is 4. The Hall–Kier alpha value is -0.404. The molecule has 0 radical (unpaired) electrons. The summed E-state index contributed by atoms with van der Waals surface area (Å²) in [5.41, 5.74) is 5.19. The minimum Gasteiger partial charge on any atom is -0.546 e. The number of aliphatic carboxylic acids is 1. The molecule has 0 heterocycles. The first-order valence-corrected chi connectivity index (χ1v) is 3.82. The molecule has 0 spiro atoms. The Morgan fingerprint density at radius 3 is 2.47 bits per heavy atom. The molecule has 1 aromatic carbocycles. The fourth-order valence-corrected chi connectivity index (χ4v) is 0.933. The Morgan fingerprint density at radius 1 is 1.33 bits per heavy atom. The van der Waals surface area contributed by atoms with Gasteiger partial charge in [-0.1, -0.05) is 12.1 Å². The maximum atomic E-state index is 10.8. The van der Waals surface area contributed by atoms with Crippen LogP contribution in [0.1, 0.15) is 10.4 Å². The van der Waals surface area contributed by atoms with Gasteiger partial charge in [-0.15, -0.1) is 0 Å². The quantitative estimate of drug-likeness (QED) is 0.535. The molecule has 74 valence electrons. The van der Waals surface area contributed by atoms with E-state index < -0.39 is 18.5 Å². The number of amides is 1. The molecule has 2 N–H and O–H groups in total. The van der Waals surface area contributed by atoms with Crippen LogP contribution < -0.4 is 67.0 Å². The zero-order valence-electron chi connectivity index (χ0n) is 8.23. The van der Waals surface area contributed by atoms with Gasteiger partial charge in [-0.05, 0) is 12.1 Å². The molecule has 0 saturated carbocycles. The monoisotopic (exact) mass is 233 g/mol. The zero-order chi connectivity index (χ0) is 10.6. The molecule has 0 aromatic heterocycles. The van der Waals surface area contributed by atoms with Crippen LogP contribution in [0, 0.1) is 0 Å². The average Bonchev–Trinajstić information content (AvgIpc) is 2.15. The largest absolute Gasteiger partial charge is 1.00 e. The summed E-state index contributed by atoms with van der Waals surface area (Å²) in [6.45, 7) is -0.607. The zero-order valence-corrected chi connectivity index (χ0v) is 11.3. The number of carboxylic acid groups (broad SMARTS) is 1. The SMILES string of the molecule is NC(=O)c1ccccc1OCC(=O)[O-].[K+]. The second kappa shape index (κ2) is 6.97. The van der Waals surface area contributed by atoms with E-state index in [-0.39, 0.29) is 62.7 Å². The van der Waals surface area contributed by atoms with Crippen molar-refractivity contribution in [3.63, 3.8) is 0 Å². The summed E-state index contributed by atoms with van der Waals surface area (Å²) in [5.74, 6) is -1.88. The number of benzene rings is 1. The average molecular weight is 233 g/mol. The van der Waals surface area contributed by atoms with Crippen LogP contribution in [0.15, 0.2) is 24.3 Å². The summed E-state index contributed by atoms with van der Waals surface area (Å²) in [7, 11) is 0. The van der Waals surface area contributed by atoms with Crippen molar-refractivity contribution in [3.05, 3.63) is 29.8 Å². The van der Waals surface area contributed by atoms with Crippen molar-refractivity contribution in [1.82, 2.24) is 0 Å². The van der Waals surface area contributed by atoms with Gasteiger partial charge in [0.25, 0.3) is 5.91 Å². The minimum absolute atomic E-state index is 0. The second-order valence-corrected chi connectivity index (χ2v) is 2.52. The van der Waals surface area contributed by atoms with Crippen LogP contribution >= 0.6 is 0 Å². The van der Waals surface area contributed by atoms with E-state index in [0.29, 0.717) is 0 Å². The maximum absolute atomic E-state index is 10.8. The van der Waals surface area contributed by atoms with E-state index in [0.717, 1.165) is 0 Å². The van der Waals surface area contributed by atoms with Gasteiger partial charge in [0.05, 0.1) is 11.5 Å². The number of primary amides is 1. The van der Waals surface area contributed by atoms with Crippen molar-refractivity contribution in [2.45, 2.75) is 0 Å². The van der Waals surface area contributed by atoms with Gasteiger partial charge in [0.1, 0.15) is 12.4 Å². The molecule has 0 fully saturated rings. The molecule has 1 amide bonds. The van der Waals surface area contributed by atoms with Gasteiger partial charge < -0.3 is 20.4 Å². The number of nitrogens with two attached hydrogens (primary N) is 1. The first-order valence-electron chi connectivity index (χ1n) is 3.82. The van der Waals surface area contributed by atoms with Crippen LogP contribution in [0.2, 0.25) is 0 Å². The van der Waals surface area contributed by atoms with Crippen molar-refractivity contribution >= 4 is 11.9 Å². The first kappa shape index (κ1) is 14.6. The number of para-hydroxylation sites is 1. The van der Waals surface area contributed by atoms with E-state index in [9.17, 15) is 14.7 Å². The summed E-state index contributed by atoms with van der Waals surface area (Å²) in [6.07, 6.45) is 0. The number of carboxylic acids is 1. The van der Waals surface area contributed by atoms with Gasteiger partial charge in [-0.25, -0.2) is 0 Å². The predicted molar refractivity (Wildman–Crippen MR) is 45.5 cm³/mol. The smallest absolute Gasteiger partial charge is 0.546 e. The van der Waals surface area contributed by atoms with E-state index in [1.54, 1.807) is 12.1 Å². The Balaban J connectivity index is 0.00000196. The molecule has 0 aliphatic rings. The Labute approximate surface area is 129 Å². The molecule has 0 atom stereocenters. The molecule has 1 aromatic rings. The number of hydrogen-bond donors (Lipinski definition) is 1. The predicted octanol–water partition coefficient (Wildman–Crippen LogP) is -4.08. The summed E-state index contributed by atoms with van der Waals surface area (Å²) in [6, 6.07) is 6.12. The third-order valence-electron chi connectivity index (χ3n) is 1.50. The topological polar surface area (TPSA) is 92.5 Å². The van der Waals surface area contributed by atoms with Crippen LogP contribution in [-0.2, 0) is 4.79 Å². The molecule has 0 bridgehead atoms. The van der Waals surface area contributed by atoms with Crippen LogP contribution in [0.4, 0.5) is 0 Å². The fraction of sp³-hybridized carbons (Fsp3) is 0.111. The van der Waals surface area contributed by atoms with Crippen molar-refractivity contribution in [3.8, 4) is 5.75 Å². The number of ether oxygens (including phenoxy) is 1. The van der Waals surface area contributed by atoms with Crippen molar-refractivity contribution < 1.29 is 70.8 Å². The van der Waals surface area contributed by atoms with Gasteiger partial charge in [0, 0.05) is 0 Å². The number of carbonyl (C=O) groups excluding carboxylic acids is 2. The van der Waals surface area contributed by atoms with Crippen LogP contribution in [0.3, 0.4) is 0 Å². The Bertz CT molecular complexity index is 367. The van der Waals surface area contributed by atoms with Gasteiger partial charge in [0.15, 0.2) is 0 Å². The third-order valence-corrected chi connectivity index (χ3v) is 1.50. The van der Waals surface area contributed by atoms with E-state index >= 15 is 0 Å². The molecular formula is C9H8KNO4. The second-order valence-electron chi connectivity index (χ2n) is 2.52. The van der Waals surface area contributed by atoms with Gasteiger partial charge in [0.2, 0.25) is 0 Å². The maximum Gasteiger partial charge on any atom is 1.00 e. The van der Waals surface area contributed by atoms with Gasteiger partial charge in [-0.3, -0.25) is 4.79 Å². The minimum atomic E-state index is -1.36. The van der Waals surface area contributed by atoms with Gasteiger partial charge in [-0.2, -0.15) is 0 Å². The number of carbonyl (C=O) groups is 2. The van der Waals surface area contributed by atoms with Crippen LogP contribution in [0.25, 0.3) is 0 Å². The summed E-state index contributed by atoms with van der Waals surface area (Å²) in [4.78, 5) is 20.9. The molecule has 0 unspecified atom stereocenters. The molecule has 5 nitrogen and oxygen atoms in total. The number of rotatable bonds is 4. The summed E-state index contributed by atoms with van der Waals surface area (Å²) in [5, 5.41) is 10.1. The van der Waals surface area contributed by atoms with Crippen LogP contribution in [-0.4, -0.2) is 18.5 Å². The summed E-state index contributed by atoms with van der Waals surface area (Å²) < 4.78 is 4.80. The Morgan fingerprint density at radius 2 is 1.93 bits per heavy atom. The molecule has 0 saturated heterocycles. The van der Waals surface area contributed by atoms with E-state index in [1.807, 2.05) is 0 Å². The standard InChI is InChI=1S/C9H9NO4.K/c10-9(13)6-3-1-2-4-7(6)14-5-8(11)12;/h1-4H,5H2,(H2,10,13)(H,11,12);/q;+1/p-1. The molecule has 6 heteroatoms. The summed E-state index contributed by atoms with van der Waals surface area (Å²) >= 11 is 0. The molecular weight excluding hydrogens is 225 g/mol. The van der Waals surface area contributed by atoms with Crippen LogP contribution in [0.5, 0.6) is 5.75 Å². The van der Waals surface area contributed by atoms with Gasteiger partial charge >= 0.3 is 51.4 Å². The first-order chi connectivity index (χ1) is 6.61. The molecule has 0 aliphatic carbocycles. The molecule has 0 aliphatic heterocycles. The van der Waals surface area contributed by atoms with Crippen molar-refractivity contribution in [2.24, 2.45) is 5.73 Å². The Kier molecular flexibility index (Phi) is 6.78.